The second-order valence-corrected chi connectivity index (χ2v) is 5.58. The van der Waals surface area contributed by atoms with Crippen LogP contribution in [0.1, 0.15) is 18.1 Å². The molecule has 0 spiro atoms. The van der Waals surface area contributed by atoms with Crippen molar-refractivity contribution < 1.29 is 18.7 Å². The highest BCUT2D eigenvalue weighted by Crippen LogP contribution is 2.23. The Morgan fingerprint density at radius 1 is 1.22 bits per heavy atom. The summed E-state index contributed by atoms with van der Waals surface area (Å²) in [6.45, 7) is 2.09. The van der Waals surface area contributed by atoms with Gasteiger partial charge in [-0.15, -0.1) is 0 Å². The minimum Gasteiger partial charge on any atom is -0.489 e. The van der Waals surface area contributed by atoms with E-state index in [0.717, 1.165) is 0 Å². The van der Waals surface area contributed by atoms with Gasteiger partial charge in [-0.2, -0.15) is 5.26 Å². The van der Waals surface area contributed by atoms with Crippen LogP contribution in [0.3, 0.4) is 0 Å². The number of carbonyl (C=O) groups is 1. The molecule has 7 nitrogen and oxygen atoms in total. The van der Waals surface area contributed by atoms with Gasteiger partial charge < -0.3 is 13.9 Å². The Morgan fingerprint density at radius 3 is 2.85 bits per heavy atom. The van der Waals surface area contributed by atoms with Gasteiger partial charge in [0.25, 0.3) is 0 Å². The van der Waals surface area contributed by atoms with Crippen molar-refractivity contribution in [2.45, 2.75) is 13.5 Å². The number of benzene rings is 2. The molecular formula is C20H16N2O5. The van der Waals surface area contributed by atoms with Gasteiger partial charge in [0.2, 0.25) is 0 Å². The van der Waals surface area contributed by atoms with E-state index in [-0.39, 0.29) is 13.2 Å². The van der Waals surface area contributed by atoms with Crippen molar-refractivity contribution in [3.8, 4) is 11.8 Å². The molecule has 1 aromatic heterocycles. The minimum atomic E-state index is -0.587. The molecule has 0 aliphatic rings. The molecule has 136 valence electrons. The Morgan fingerprint density at radius 2 is 2.07 bits per heavy atom. The number of nitrogens with one attached hydrogen (secondary N) is 1. The summed E-state index contributed by atoms with van der Waals surface area (Å²) in [4.78, 5) is 23.4. The fourth-order valence-corrected chi connectivity index (χ4v) is 2.53. The second-order valence-electron chi connectivity index (χ2n) is 5.58. The summed E-state index contributed by atoms with van der Waals surface area (Å²) < 4.78 is 15.8. The SMILES string of the molecule is CCOC(=O)Nc1ccc2c(COc3cccc(C#N)c3)cc(=O)oc2c1. The van der Waals surface area contributed by atoms with E-state index in [2.05, 4.69) is 5.32 Å². The first-order valence-corrected chi connectivity index (χ1v) is 8.22. The number of rotatable bonds is 5. The molecule has 1 N–H and O–H groups in total. The van der Waals surface area contributed by atoms with E-state index in [0.29, 0.717) is 33.5 Å². The van der Waals surface area contributed by atoms with Crippen molar-refractivity contribution in [3.05, 3.63) is 70.1 Å². The first-order chi connectivity index (χ1) is 13.1. The number of nitriles is 1. The van der Waals surface area contributed by atoms with Gasteiger partial charge in [-0.05, 0) is 37.3 Å². The summed E-state index contributed by atoms with van der Waals surface area (Å²) in [7, 11) is 0. The van der Waals surface area contributed by atoms with E-state index in [1.165, 1.54) is 6.07 Å². The lowest BCUT2D eigenvalue weighted by molar-refractivity contribution is 0.168. The molecule has 0 bridgehead atoms. The first kappa shape index (κ1) is 18.0. The third-order valence-electron chi connectivity index (χ3n) is 3.71. The zero-order valence-corrected chi connectivity index (χ0v) is 14.5. The van der Waals surface area contributed by atoms with Crippen LogP contribution in [0.2, 0.25) is 0 Å². The van der Waals surface area contributed by atoms with Gasteiger partial charge in [-0.25, -0.2) is 9.59 Å². The van der Waals surface area contributed by atoms with Crippen molar-refractivity contribution in [2.75, 3.05) is 11.9 Å². The highest BCUT2D eigenvalue weighted by atomic mass is 16.5. The molecule has 2 aromatic carbocycles. The maximum Gasteiger partial charge on any atom is 0.411 e. The fourth-order valence-electron chi connectivity index (χ4n) is 2.53. The Hall–Kier alpha value is -3.79. The molecule has 3 aromatic rings. The zero-order valence-electron chi connectivity index (χ0n) is 14.5. The number of amides is 1. The Labute approximate surface area is 154 Å². The molecular weight excluding hydrogens is 348 g/mol. The smallest absolute Gasteiger partial charge is 0.411 e. The number of nitrogens with zero attached hydrogens (tertiary/aromatic N) is 1. The molecule has 0 atom stereocenters. The van der Waals surface area contributed by atoms with E-state index < -0.39 is 11.7 Å². The van der Waals surface area contributed by atoms with Crippen LogP contribution in [-0.4, -0.2) is 12.7 Å². The summed E-state index contributed by atoms with van der Waals surface area (Å²) in [5.41, 5.74) is 1.36. The van der Waals surface area contributed by atoms with E-state index in [1.807, 2.05) is 6.07 Å². The first-order valence-electron chi connectivity index (χ1n) is 8.22. The monoisotopic (exact) mass is 364 g/mol. The fraction of sp³-hybridized carbons (Fsp3) is 0.150. The van der Waals surface area contributed by atoms with Gasteiger partial charge in [0.05, 0.1) is 18.2 Å². The number of carbonyl (C=O) groups excluding carboxylic acids is 1. The van der Waals surface area contributed by atoms with E-state index >= 15 is 0 Å². The molecule has 0 fully saturated rings. The quantitative estimate of drug-likeness (QED) is 0.691. The highest BCUT2D eigenvalue weighted by Gasteiger charge is 2.09. The van der Waals surface area contributed by atoms with Crippen molar-refractivity contribution >= 4 is 22.7 Å². The summed E-state index contributed by atoms with van der Waals surface area (Å²) in [6, 6.07) is 15.1. The predicted molar refractivity (Wildman–Crippen MR) is 98.6 cm³/mol. The molecule has 0 unspecified atom stereocenters. The van der Waals surface area contributed by atoms with E-state index in [4.69, 9.17) is 19.2 Å². The third kappa shape index (κ3) is 4.44. The van der Waals surface area contributed by atoms with Crippen LogP contribution in [0.5, 0.6) is 5.75 Å². The Kier molecular flexibility index (Phi) is 5.38. The van der Waals surface area contributed by atoms with Gasteiger partial charge in [-0.1, -0.05) is 6.07 Å². The lowest BCUT2D eigenvalue weighted by Crippen LogP contribution is -2.13. The highest BCUT2D eigenvalue weighted by molar-refractivity contribution is 5.89. The average molecular weight is 364 g/mol. The number of fused-ring (bicyclic) bond motifs is 1. The molecule has 27 heavy (non-hydrogen) atoms. The van der Waals surface area contributed by atoms with Crippen LogP contribution in [0.25, 0.3) is 11.0 Å². The lowest BCUT2D eigenvalue weighted by Gasteiger charge is -2.10. The zero-order chi connectivity index (χ0) is 19.2. The molecule has 1 amide bonds. The molecule has 7 heteroatoms. The second kappa shape index (κ2) is 8.06. The molecule has 0 saturated carbocycles. The maximum absolute atomic E-state index is 11.9. The maximum atomic E-state index is 11.9. The number of hydrogen-bond acceptors (Lipinski definition) is 6. The third-order valence-corrected chi connectivity index (χ3v) is 3.71. The summed E-state index contributed by atoms with van der Waals surface area (Å²) in [5, 5.41) is 12.2. The summed E-state index contributed by atoms with van der Waals surface area (Å²) in [6.07, 6.45) is -0.587. The Balaban J connectivity index is 1.86. The van der Waals surface area contributed by atoms with E-state index in [1.54, 1.807) is 49.4 Å². The number of anilines is 1. The number of hydrogen-bond donors (Lipinski definition) is 1. The van der Waals surface area contributed by atoms with Crippen LogP contribution in [0.4, 0.5) is 10.5 Å². The minimum absolute atomic E-state index is 0.127. The van der Waals surface area contributed by atoms with Crippen molar-refractivity contribution in [2.24, 2.45) is 0 Å². The molecule has 0 aliphatic carbocycles. The standard InChI is InChI=1S/C20H16N2O5/c1-2-25-20(24)22-15-6-7-17-14(9-19(23)27-18(17)10-15)12-26-16-5-3-4-13(8-16)11-21/h3-10H,2,12H2,1H3,(H,22,24). The predicted octanol–water partition coefficient (Wildman–Crippen LogP) is 3.81. The topological polar surface area (TPSA) is 102 Å². The van der Waals surface area contributed by atoms with Crippen LogP contribution in [-0.2, 0) is 11.3 Å². The molecule has 0 saturated heterocycles. The summed E-state index contributed by atoms with van der Waals surface area (Å²) in [5.74, 6) is 0.524. The van der Waals surface area contributed by atoms with Crippen molar-refractivity contribution in [1.29, 1.82) is 5.26 Å². The number of ether oxygens (including phenoxy) is 2. The normalized spacial score (nSPS) is 10.2. The van der Waals surface area contributed by atoms with Crippen molar-refractivity contribution in [1.82, 2.24) is 0 Å². The summed E-state index contributed by atoms with van der Waals surface area (Å²) >= 11 is 0. The molecule has 3 rings (SSSR count). The average Bonchev–Trinajstić information content (AvgIpc) is 2.66. The van der Waals surface area contributed by atoms with E-state index in [9.17, 15) is 9.59 Å². The van der Waals surface area contributed by atoms with Gasteiger partial charge in [-0.3, -0.25) is 5.32 Å². The molecule has 0 radical (unpaired) electrons. The van der Waals surface area contributed by atoms with Crippen LogP contribution in [0.15, 0.2) is 57.7 Å². The van der Waals surface area contributed by atoms with Crippen LogP contribution < -0.4 is 15.7 Å². The largest absolute Gasteiger partial charge is 0.489 e. The Bertz CT molecular complexity index is 1080. The van der Waals surface area contributed by atoms with Gasteiger partial charge >= 0.3 is 11.7 Å². The van der Waals surface area contributed by atoms with Crippen molar-refractivity contribution in [3.63, 3.8) is 0 Å². The molecule has 0 aliphatic heterocycles. The lowest BCUT2D eigenvalue weighted by atomic mass is 10.1. The van der Waals surface area contributed by atoms with Crippen LogP contribution >= 0.6 is 0 Å². The van der Waals surface area contributed by atoms with Crippen LogP contribution in [0, 0.1) is 11.3 Å². The van der Waals surface area contributed by atoms with Gasteiger partial charge in [0.1, 0.15) is 17.9 Å². The van der Waals surface area contributed by atoms with Gasteiger partial charge in [0.15, 0.2) is 0 Å². The molecule has 1 heterocycles. The van der Waals surface area contributed by atoms with Gasteiger partial charge in [0, 0.05) is 28.8 Å².